The molecule has 0 bridgehead atoms. The van der Waals surface area contributed by atoms with E-state index in [-0.39, 0.29) is 11.8 Å². The molecule has 0 aromatic carbocycles. The fourth-order valence-electron chi connectivity index (χ4n) is 2.50. The van der Waals surface area contributed by atoms with Crippen LogP contribution in [0.4, 0.5) is 0 Å². The van der Waals surface area contributed by atoms with Gasteiger partial charge in [-0.05, 0) is 37.8 Å². The quantitative estimate of drug-likeness (QED) is 0.764. The van der Waals surface area contributed by atoms with Crippen molar-refractivity contribution >= 4 is 17.5 Å². The topological polar surface area (TPSA) is 41.1 Å². The average Bonchev–Trinajstić information content (AvgIpc) is 2.90. The molecule has 2 rings (SSSR count). The van der Waals surface area contributed by atoms with Crippen LogP contribution in [-0.2, 0) is 4.79 Å². The van der Waals surface area contributed by atoms with Crippen LogP contribution in [0.5, 0.6) is 0 Å². The summed E-state index contributed by atoms with van der Waals surface area (Å²) in [7, 11) is 0. The van der Waals surface area contributed by atoms with Crippen LogP contribution in [0.1, 0.15) is 19.3 Å². The van der Waals surface area contributed by atoms with Crippen molar-refractivity contribution in [1.29, 1.82) is 0 Å². The maximum absolute atomic E-state index is 11.8. The molecule has 1 spiro atoms. The first-order chi connectivity index (χ1) is 7.14. The van der Waals surface area contributed by atoms with Crippen molar-refractivity contribution in [3.8, 4) is 0 Å². The van der Waals surface area contributed by atoms with Gasteiger partial charge in [-0.3, -0.25) is 4.79 Å². The Morgan fingerprint density at radius 2 is 2.20 bits per heavy atom. The molecule has 0 aromatic heterocycles. The SMILES string of the molecule is C=C(Cl)CNC(=O)C1CC12CCNCC2. The number of carbonyl (C=O) groups excluding carboxylic acids is 1. The lowest BCUT2D eigenvalue weighted by atomic mass is 9.92. The fourth-order valence-corrected chi connectivity index (χ4v) is 2.57. The predicted molar refractivity (Wildman–Crippen MR) is 60.6 cm³/mol. The van der Waals surface area contributed by atoms with E-state index in [1.54, 1.807) is 0 Å². The third kappa shape index (κ3) is 2.34. The molecule has 3 nitrogen and oxygen atoms in total. The highest BCUT2D eigenvalue weighted by Gasteiger charge is 2.57. The van der Waals surface area contributed by atoms with E-state index in [1.807, 2.05) is 0 Å². The molecule has 2 N–H and O–H groups in total. The first kappa shape index (κ1) is 11.0. The maximum Gasteiger partial charge on any atom is 0.223 e. The van der Waals surface area contributed by atoms with Crippen molar-refractivity contribution in [2.24, 2.45) is 11.3 Å². The van der Waals surface area contributed by atoms with Gasteiger partial charge in [-0.25, -0.2) is 0 Å². The number of rotatable bonds is 3. The second-order valence-electron chi connectivity index (χ2n) is 4.60. The summed E-state index contributed by atoms with van der Waals surface area (Å²) in [5.41, 5.74) is 0.309. The Hall–Kier alpha value is -0.540. The van der Waals surface area contributed by atoms with E-state index in [2.05, 4.69) is 17.2 Å². The first-order valence-electron chi connectivity index (χ1n) is 5.46. The van der Waals surface area contributed by atoms with Gasteiger partial charge in [0.15, 0.2) is 0 Å². The van der Waals surface area contributed by atoms with E-state index >= 15 is 0 Å². The van der Waals surface area contributed by atoms with Gasteiger partial charge in [-0.15, -0.1) is 0 Å². The largest absolute Gasteiger partial charge is 0.351 e. The molecule has 0 radical (unpaired) electrons. The van der Waals surface area contributed by atoms with Gasteiger partial charge in [0.25, 0.3) is 0 Å². The molecule has 2 fully saturated rings. The van der Waals surface area contributed by atoms with Gasteiger partial charge < -0.3 is 10.6 Å². The minimum absolute atomic E-state index is 0.152. The van der Waals surface area contributed by atoms with Crippen LogP contribution in [0.15, 0.2) is 11.6 Å². The second-order valence-corrected chi connectivity index (χ2v) is 5.14. The summed E-state index contributed by atoms with van der Waals surface area (Å²) in [4.78, 5) is 11.8. The molecule has 1 saturated heterocycles. The van der Waals surface area contributed by atoms with Crippen molar-refractivity contribution in [2.75, 3.05) is 19.6 Å². The third-order valence-electron chi connectivity index (χ3n) is 3.56. The summed E-state index contributed by atoms with van der Waals surface area (Å²) < 4.78 is 0. The number of hydrogen-bond donors (Lipinski definition) is 2. The number of halogens is 1. The maximum atomic E-state index is 11.8. The Morgan fingerprint density at radius 3 is 2.80 bits per heavy atom. The minimum Gasteiger partial charge on any atom is -0.351 e. The van der Waals surface area contributed by atoms with Crippen molar-refractivity contribution in [3.63, 3.8) is 0 Å². The molecule has 15 heavy (non-hydrogen) atoms. The van der Waals surface area contributed by atoms with Crippen LogP contribution < -0.4 is 10.6 Å². The van der Waals surface area contributed by atoms with E-state index in [0.29, 0.717) is 17.0 Å². The zero-order valence-corrected chi connectivity index (χ0v) is 9.57. The Morgan fingerprint density at radius 1 is 1.53 bits per heavy atom. The third-order valence-corrected chi connectivity index (χ3v) is 3.69. The standard InChI is InChI=1S/C11H17ClN2O/c1-8(12)7-14-10(15)9-6-11(9)2-4-13-5-3-11/h9,13H,1-7H2,(H,14,15). The number of amides is 1. The van der Waals surface area contributed by atoms with E-state index in [9.17, 15) is 4.79 Å². The molecule has 1 unspecified atom stereocenters. The lowest BCUT2D eigenvalue weighted by Crippen LogP contribution is -2.34. The van der Waals surface area contributed by atoms with Crippen molar-refractivity contribution in [1.82, 2.24) is 10.6 Å². The summed E-state index contributed by atoms with van der Waals surface area (Å²) in [5.74, 6) is 0.370. The van der Waals surface area contributed by atoms with E-state index in [4.69, 9.17) is 11.6 Å². The lowest BCUT2D eigenvalue weighted by Gasteiger charge is -2.23. The Balaban J connectivity index is 1.81. The number of carbonyl (C=O) groups is 1. The average molecular weight is 229 g/mol. The monoisotopic (exact) mass is 228 g/mol. The van der Waals surface area contributed by atoms with Gasteiger partial charge in [-0.1, -0.05) is 18.2 Å². The van der Waals surface area contributed by atoms with E-state index < -0.39 is 0 Å². The van der Waals surface area contributed by atoms with Gasteiger partial charge in [0.1, 0.15) is 0 Å². The van der Waals surface area contributed by atoms with E-state index in [0.717, 1.165) is 32.4 Å². The summed E-state index contributed by atoms with van der Waals surface area (Å²) in [6.45, 7) is 6.04. The molecule has 1 amide bonds. The van der Waals surface area contributed by atoms with Gasteiger partial charge in [0, 0.05) is 11.0 Å². The Labute approximate surface area is 95.3 Å². The zero-order valence-electron chi connectivity index (χ0n) is 8.81. The smallest absolute Gasteiger partial charge is 0.223 e. The molecular weight excluding hydrogens is 212 g/mol. The summed E-state index contributed by atoms with van der Waals surface area (Å²) in [5, 5.41) is 6.64. The Kier molecular flexibility index (Phi) is 3.03. The molecule has 0 aromatic rings. The van der Waals surface area contributed by atoms with Crippen LogP contribution in [0.3, 0.4) is 0 Å². The van der Waals surface area contributed by atoms with Crippen LogP contribution in [-0.4, -0.2) is 25.5 Å². The highest BCUT2D eigenvalue weighted by Crippen LogP contribution is 2.58. The van der Waals surface area contributed by atoms with Gasteiger partial charge in [0.2, 0.25) is 5.91 Å². The highest BCUT2D eigenvalue weighted by atomic mass is 35.5. The molecule has 1 aliphatic carbocycles. The molecule has 1 atom stereocenters. The van der Waals surface area contributed by atoms with Crippen molar-refractivity contribution in [2.45, 2.75) is 19.3 Å². The fraction of sp³-hybridized carbons (Fsp3) is 0.727. The summed E-state index contributed by atoms with van der Waals surface area (Å²) in [6, 6.07) is 0. The molecule has 1 saturated carbocycles. The molecule has 1 aliphatic heterocycles. The molecular formula is C11H17ClN2O. The van der Waals surface area contributed by atoms with Crippen LogP contribution >= 0.6 is 11.6 Å². The molecule has 84 valence electrons. The van der Waals surface area contributed by atoms with Gasteiger partial charge in [-0.2, -0.15) is 0 Å². The normalized spacial score (nSPS) is 27.4. The molecule has 2 aliphatic rings. The zero-order chi connectivity index (χ0) is 10.9. The number of nitrogens with one attached hydrogen (secondary N) is 2. The predicted octanol–water partition coefficient (Wildman–Crippen LogP) is 1.24. The van der Waals surface area contributed by atoms with Gasteiger partial charge >= 0.3 is 0 Å². The number of piperidine rings is 1. The Bertz CT molecular complexity index is 284. The molecule has 1 heterocycles. The number of hydrogen-bond acceptors (Lipinski definition) is 2. The van der Waals surface area contributed by atoms with E-state index in [1.165, 1.54) is 0 Å². The van der Waals surface area contributed by atoms with Crippen LogP contribution in [0.25, 0.3) is 0 Å². The van der Waals surface area contributed by atoms with Crippen LogP contribution in [0.2, 0.25) is 0 Å². The molecule has 4 heteroatoms. The highest BCUT2D eigenvalue weighted by molar-refractivity contribution is 6.29. The summed E-state index contributed by atoms with van der Waals surface area (Å²) >= 11 is 5.61. The first-order valence-corrected chi connectivity index (χ1v) is 5.84. The summed E-state index contributed by atoms with van der Waals surface area (Å²) in [6.07, 6.45) is 3.31. The van der Waals surface area contributed by atoms with Crippen LogP contribution in [0, 0.1) is 11.3 Å². The lowest BCUT2D eigenvalue weighted by molar-refractivity contribution is -0.123. The van der Waals surface area contributed by atoms with Crippen molar-refractivity contribution < 1.29 is 4.79 Å². The minimum atomic E-state index is 0.152. The van der Waals surface area contributed by atoms with Crippen molar-refractivity contribution in [3.05, 3.63) is 11.6 Å². The second kappa shape index (κ2) is 4.14. The van der Waals surface area contributed by atoms with Gasteiger partial charge in [0.05, 0.1) is 6.54 Å².